The molecule has 1 aliphatic rings. The summed E-state index contributed by atoms with van der Waals surface area (Å²) >= 11 is 3.56. The number of hydrogen-bond acceptors (Lipinski definition) is 3. The number of carbonyl (C=O) groups excluding carboxylic acids is 2. The quantitative estimate of drug-likeness (QED) is 0.810. The number of benzene rings is 1. The molecule has 108 valence electrons. The SMILES string of the molecule is COC(=O)CCC(=O)NCC1(c2ccccc2Br)CC1. The maximum Gasteiger partial charge on any atom is 0.306 e. The molecule has 0 aromatic heterocycles. The number of nitrogens with one attached hydrogen (secondary N) is 1. The molecule has 1 aliphatic carbocycles. The summed E-state index contributed by atoms with van der Waals surface area (Å²) in [4.78, 5) is 22.7. The molecule has 1 saturated carbocycles. The fraction of sp³-hybridized carbons (Fsp3) is 0.467. The topological polar surface area (TPSA) is 55.4 Å². The summed E-state index contributed by atoms with van der Waals surface area (Å²) < 4.78 is 5.60. The Balaban J connectivity index is 1.86. The summed E-state index contributed by atoms with van der Waals surface area (Å²) in [7, 11) is 1.33. The van der Waals surface area contributed by atoms with Crippen molar-refractivity contribution in [3.05, 3.63) is 34.3 Å². The van der Waals surface area contributed by atoms with E-state index in [-0.39, 0.29) is 30.1 Å². The van der Waals surface area contributed by atoms with Gasteiger partial charge < -0.3 is 10.1 Å². The van der Waals surface area contributed by atoms with Crippen LogP contribution < -0.4 is 5.32 Å². The van der Waals surface area contributed by atoms with Gasteiger partial charge in [-0.05, 0) is 24.5 Å². The molecule has 0 saturated heterocycles. The lowest BCUT2D eigenvalue weighted by Crippen LogP contribution is -2.32. The van der Waals surface area contributed by atoms with E-state index in [0.29, 0.717) is 6.54 Å². The van der Waals surface area contributed by atoms with Gasteiger partial charge in [0.15, 0.2) is 0 Å². The van der Waals surface area contributed by atoms with Gasteiger partial charge in [0.05, 0.1) is 13.5 Å². The molecule has 1 aromatic rings. The second-order valence-electron chi connectivity index (χ2n) is 5.11. The van der Waals surface area contributed by atoms with Crippen molar-refractivity contribution in [3.63, 3.8) is 0 Å². The van der Waals surface area contributed by atoms with Crippen molar-refractivity contribution < 1.29 is 14.3 Å². The summed E-state index contributed by atoms with van der Waals surface area (Å²) in [5.74, 6) is -0.458. The Morgan fingerprint density at radius 2 is 2.00 bits per heavy atom. The zero-order chi connectivity index (χ0) is 14.6. The van der Waals surface area contributed by atoms with Crippen molar-refractivity contribution in [2.45, 2.75) is 31.1 Å². The summed E-state index contributed by atoms with van der Waals surface area (Å²) in [5, 5.41) is 2.92. The van der Waals surface area contributed by atoms with Crippen molar-refractivity contribution in [2.75, 3.05) is 13.7 Å². The highest BCUT2D eigenvalue weighted by molar-refractivity contribution is 9.10. The van der Waals surface area contributed by atoms with Crippen LogP contribution in [0.25, 0.3) is 0 Å². The molecule has 0 bridgehead atoms. The van der Waals surface area contributed by atoms with Crippen molar-refractivity contribution in [1.82, 2.24) is 5.32 Å². The molecule has 2 rings (SSSR count). The molecule has 0 aliphatic heterocycles. The van der Waals surface area contributed by atoms with Crippen LogP contribution in [0.3, 0.4) is 0 Å². The predicted molar refractivity (Wildman–Crippen MR) is 79.3 cm³/mol. The number of amides is 1. The normalized spacial score (nSPS) is 15.5. The van der Waals surface area contributed by atoms with Gasteiger partial charge in [-0.2, -0.15) is 0 Å². The van der Waals surface area contributed by atoms with Crippen LogP contribution in [0, 0.1) is 0 Å². The average Bonchev–Trinajstić information content (AvgIpc) is 3.24. The number of methoxy groups -OCH3 is 1. The number of halogens is 1. The van der Waals surface area contributed by atoms with Gasteiger partial charge in [0.1, 0.15) is 0 Å². The van der Waals surface area contributed by atoms with E-state index in [0.717, 1.165) is 17.3 Å². The highest BCUT2D eigenvalue weighted by atomic mass is 79.9. The highest BCUT2D eigenvalue weighted by Gasteiger charge is 2.45. The largest absolute Gasteiger partial charge is 0.469 e. The zero-order valence-electron chi connectivity index (χ0n) is 11.4. The Morgan fingerprint density at radius 1 is 1.30 bits per heavy atom. The van der Waals surface area contributed by atoms with Gasteiger partial charge in [-0.15, -0.1) is 0 Å². The summed E-state index contributed by atoms with van der Waals surface area (Å²) in [5.41, 5.74) is 1.30. The van der Waals surface area contributed by atoms with Crippen LogP contribution >= 0.6 is 15.9 Å². The van der Waals surface area contributed by atoms with Gasteiger partial charge in [-0.1, -0.05) is 34.1 Å². The summed E-state index contributed by atoms with van der Waals surface area (Å²) in [6, 6.07) is 8.12. The molecule has 0 heterocycles. The Hall–Kier alpha value is -1.36. The third-order valence-corrected chi connectivity index (χ3v) is 4.40. The Labute approximate surface area is 127 Å². The zero-order valence-corrected chi connectivity index (χ0v) is 13.0. The molecule has 0 radical (unpaired) electrons. The predicted octanol–water partition coefficient (Wildman–Crippen LogP) is 2.55. The van der Waals surface area contributed by atoms with E-state index >= 15 is 0 Å². The minimum atomic E-state index is -0.355. The Morgan fingerprint density at radius 3 is 2.60 bits per heavy atom. The van der Waals surface area contributed by atoms with Gasteiger partial charge in [0, 0.05) is 22.9 Å². The van der Waals surface area contributed by atoms with E-state index in [1.54, 1.807) is 0 Å². The van der Waals surface area contributed by atoms with Gasteiger partial charge in [0.25, 0.3) is 0 Å². The highest BCUT2D eigenvalue weighted by Crippen LogP contribution is 2.49. The van der Waals surface area contributed by atoms with Crippen LogP contribution in [0.15, 0.2) is 28.7 Å². The first-order valence-corrected chi connectivity index (χ1v) is 7.45. The van der Waals surface area contributed by atoms with Crippen LogP contribution in [0.2, 0.25) is 0 Å². The molecule has 0 unspecified atom stereocenters. The smallest absolute Gasteiger partial charge is 0.306 e. The molecule has 4 nitrogen and oxygen atoms in total. The molecule has 20 heavy (non-hydrogen) atoms. The van der Waals surface area contributed by atoms with E-state index in [1.165, 1.54) is 12.7 Å². The molecule has 0 atom stereocenters. The van der Waals surface area contributed by atoms with E-state index in [9.17, 15) is 9.59 Å². The van der Waals surface area contributed by atoms with Crippen LogP contribution in [0.4, 0.5) is 0 Å². The van der Waals surface area contributed by atoms with Gasteiger partial charge >= 0.3 is 5.97 Å². The second-order valence-corrected chi connectivity index (χ2v) is 5.97. The number of carbonyl (C=O) groups is 2. The van der Waals surface area contributed by atoms with Gasteiger partial charge in [-0.3, -0.25) is 9.59 Å². The second kappa shape index (κ2) is 6.39. The Kier molecular flexibility index (Phi) is 4.81. The van der Waals surface area contributed by atoms with E-state index < -0.39 is 0 Å². The summed E-state index contributed by atoms with van der Waals surface area (Å²) in [6.45, 7) is 0.621. The van der Waals surface area contributed by atoms with Crippen molar-refractivity contribution in [2.24, 2.45) is 0 Å². The Bertz CT molecular complexity index is 512. The number of ether oxygens (including phenoxy) is 1. The van der Waals surface area contributed by atoms with Gasteiger partial charge in [0.2, 0.25) is 5.91 Å². The number of rotatable bonds is 6. The standard InChI is InChI=1S/C15H18BrNO3/c1-20-14(19)7-6-13(18)17-10-15(8-9-15)11-4-2-3-5-12(11)16/h2-5H,6-10H2,1H3,(H,17,18). The number of hydrogen-bond donors (Lipinski definition) is 1. The van der Waals surface area contributed by atoms with E-state index in [1.807, 2.05) is 18.2 Å². The van der Waals surface area contributed by atoms with Crippen LogP contribution in [-0.2, 0) is 19.7 Å². The molecule has 0 spiro atoms. The molecule has 1 N–H and O–H groups in total. The molecule has 1 amide bonds. The molecular weight excluding hydrogens is 322 g/mol. The van der Waals surface area contributed by atoms with Crippen LogP contribution in [0.1, 0.15) is 31.2 Å². The molecular formula is C15H18BrNO3. The third kappa shape index (κ3) is 3.60. The first-order valence-electron chi connectivity index (χ1n) is 6.66. The fourth-order valence-corrected chi connectivity index (χ4v) is 2.96. The third-order valence-electron chi connectivity index (χ3n) is 3.71. The monoisotopic (exact) mass is 339 g/mol. The van der Waals surface area contributed by atoms with Crippen LogP contribution in [0.5, 0.6) is 0 Å². The van der Waals surface area contributed by atoms with Crippen molar-refractivity contribution >= 4 is 27.8 Å². The van der Waals surface area contributed by atoms with Gasteiger partial charge in [-0.25, -0.2) is 0 Å². The number of esters is 1. The lowest BCUT2D eigenvalue weighted by atomic mass is 9.96. The molecule has 1 fully saturated rings. The average molecular weight is 340 g/mol. The maximum absolute atomic E-state index is 11.7. The van der Waals surface area contributed by atoms with E-state index in [4.69, 9.17) is 0 Å². The van der Waals surface area contributed by atoms with Crippen molar-refractivity contribution in [3.8, 4) is 0 Å². The summed E-state index contributed by atoms with van der Waals surface area (Å²) in [6.07, 6.45) is 2.46. The van der Waals surface area contributed by atoms with E-state index in [2.05, 4.69) is 32.0 Å². The minimum absolute atomic E-state index is 0.0566. The molecule has 5 heteroatoms. The van der Waals surface area contributed by atoms with Crippen LogP contribution in [-0.4, -0.2) is 25.5 Å². The van der Waals surface area contributed by atoms with Crippen molar-refractivity contribution in [1.29, 1.82) is 0 Å². The minimum Gasteiger partial charge on any atom is -0.469 e. The fourth-order valence-electron chi connectivity index (χ4n) is 2.26. The lowest BCUT2D eigenvalue weighted by molar-refractivity contribution is -0.142. The first kappa shape index (κ1) is 15.0. The molecule has 1 aromatic carbocycles. The lowest BCUT2D eigenvalue weighted by Gasteiger charge is -2.18. The first-order chi connectivity index (χ1) is 9.57. The maximum atomic E-state index is 11.7.